The Morgan fingerprint density at radius 2 is 1.58 bits per heavy atom. The summed E-state index contributed by atoms with van der Waals surface area (Å²) in [6, 6.07) is 17.7. The number of nitrogens with one attached hydrogen (secondary N) is 1. The van der Waals surface area contributed by atoms with Gasteiger partial charge in [-0.2, -0.15) is 0 Å². The Bertz CT molecular complexity index is 655. The molecule has 4 heteroatoms. The van der Waals surface area contributed by atoms with Crippen molar-refractivity contribution in [1.29, 1.82) is 0 Å². The molecule has 2 rings (SSSR count). The van der Waals surface area contributed by atoms with E-state index in [0.29, 0.717) is 12.0 Å². The van der Waals surface area contributed by atoms with Gasteiger partial charge in [0.25, 0.3) is 5.91 Å². The van der Waals surface area contributed by atoms with Crippen molar-refractivity contribution >= 4 is 11.9 Å². The molecule has 4 nitrogen and oxygen atoms in total. The molecule has 0 fully saturated rings. The molecule has 2 atom stereocenters. The normalized spacial score (nSPS) is 12.9. The van der Waals surface area contributed by atoms with E-state index < -0.39 is 12.0 Å². The Hall–Kier alpha value is -2.62. The molecule has 0 saturated heterocycles. The first-order chi connectivity index (χ1) is 11.6. The Kier molecular flexibility index (Phi) is 6.55. The summed E-state index contributed by atoms with van der Waals surface area (Å²) in [4.78, 5) is 24.8. The fraction of sp³-hybridized carbons (Fsp3) is 0.300. The van der Waals surface area contributed by atoms with Gasteiger partial charge >= 0.3 is 5.97 Å². The van der Waals surface area contributed by atoms with Crippen molar-refractivity contribution < 1.29 is 14.3 Å². The van der Waals surface area contributed by atoms with Crippen molar-refractivity contribution in [2.45, 2.75) is 38.8 Å². The summed E-state index contributed by atoms with van der Waals surface area (Å²) in [6.07, 6.45) is 0.954. The predicted molar refractivity (Wildman–Crippen MR) is 93.7 cm³/mol. The number of rotatable bonds is 7. The highest BCUT2D eigenvalue weighted by Gasteiger charge is 2.24. The van der Waals surface area contributed by atoms with Crippen molar-refractivity contribution in [3.63, 3.8) is 0 Å². The molecule has 0 radical (unpaired) electrons. The van der Waals surface area contributed by atoms with E-state index in [0.717, 1.165) is 12.0 Å². The second-order valence-electron chi connectivity index (χ2n) is 5.74. The monoisotopic (exact) mass is 325 g/mol. The van der Waals surface area contributed by atoms with E-state index in [2.05, 4.69) is 5.32 Å². The zero-order valence-corrected chi connectivity index (χ0v) is 14.1. The lowest BCUT2D eigenvalue weighted by Crippen LogP contribution is -2.44. The Balaban J connectivity index is 2.12. The van der Waals surface area contributed by atoms with Gasteiger partial charge < -0.3 is 10.1 Å². The maximum absolute atomic E-state index is 12.4. The smallest absolute Gasteiger partial charge is 0.329 e. The van der Waals surface area contributed by atoms with E-state index in [1.807, 2.05) is 50.2 Å². The third-order valence-corrected chi connectivity index (χ3v) is 3.80. The minimum Gasteiger partial charge on any atom is -0.461 e. The van der Waals surface area contributed by atoms with Crippen LogP contribution in [0.25, 0.3) is 0 Å². The first-order valence-corrected chi connectivity index (χ1v) is 8.20. The number of carbonyl (C=O) groups excluding carboxylic acids is 2. The van der Waals surface area contributed by atoms with Crippen LogP contribution < -0.4 is 5.32 Å². The number of benzene rings is 2. The van der Waals surface area contributed by atoms with Crippen LogP contribution in [0.2, 0.25) is 0 Å². The fourth-order valence-corrected chi connectivity index (χ4v) is 2.24. The van der Waals surface area contributed by atoms with Crippen molar-refractivity contribution in [3.8, 4) is 0 Å². The number of amides is 1. The van der Waals surface area contributed by atoms with E-state index >= 15 is 0 Å². The van der Waals surface area contributed by atoms with E-state index in [-0.39, 0.29) is 12.0 Å². The zero-order valence-electron chi connectivity index (χ0n) is 14.1. The molecule has 126 valence electrons. The van der Waals surface area contributed by atoms with Gasteiger partial charge in [-0.05, 0) is 31.0 Å². The molecule has 0 aliphatic heterocycles. The first-order valence-electron chi connectivity index (χ1n) is 8.20. The lowest BCUT2D eigenvalue weighted by atomic mass is 10.1. The zero-order chi connectivity index (χ0) is 17.4. The molecule has 1 N–H and O–H groups in total. The van der Waals surface area contributed by atoms with Gasteiger partial charge in [0.05, 0.1) is 6.10 Å². The molecule has 0 aliphatic rings. The van der Waals surface area contributed by atoms with Crippen molar-refractivity contribution in [2.75, 3.05) is 0 Å². The van der Waals surface area contributed by atoms with Crippen LogP contribution in [0, 0.1) is 0 Å². The molecule has 0 aromatic heterocycles. The lowest BCUT2D eigenvalue weighted by Gasteiger charge is -2.20. The molecule has 0 spiro atoms. The number of hydrogen-bond donors (Lipinski definition) is 1. The highest BCUT2D eigenvalue weighted by atomic mass is 16.5. The Morgan fingerprint density at radius 3 is 2.17 bits per heavy atom. The second-order valence-corrected chi connectivity index (χ2v) is 5.74. The van der Waals surface area contributed by atoms with Gasteiger partial charge in [0.15, 0.2) is 0 Å². The van der Waals surface area contributed by atoms with Gasteiger partial charge in [0, 0.05) is 12.0 Å². The van der Waals surface area contributed by atoms with Gasteiger partial charge in [0.2, 0.25) is 0 Å². The standard InChI is InChI=1S/C20H23NO3/c1-3-15(2)24-20(23)18(14-16-10-6-4-7-11-16)21-19(22)17-12-8-5-9-13-17/h4-13,15,18H,3,14H2,1-2H3,(H,21,22)/t15?,18-/m1/s1. The summed E-state index contributed by atoms with van der Waals surface area (Å²) < 4.78 is 5.42. The molecule has 1 unspecified atom stereocenters. The molecular formula is C20H23NO3. The van der Waals surface area contributed by atoms with E-state index in [9.17, 15) is 9.59 Å². The topological polar surface area (TPSA) is 55.4 Å². The van der Waals surface area contributed by atoms with Crippen LogP contribution in [0.4, 0.5) is 0 Å². The second kappa shape index (κ2) is 8.87. The summed E-state index contributed by atoms with van der Waals surface area (Å²) in [7, 11) is 0. The van der Waals surface area contributed by atoms with Crippen LogP contribution in [0.3, 0.4) is 0 Å². The van der Waals surface area contributed by atoms with Crippen LogP contribution >= 0.6 is 0 Å². The Morgan fingerprint density at radius 1 is 1.00 bits per heavy atom. The maximum Gasteiger partial charge on any atom is 0.329 e. The quantitative estimate of drug-likeness (QED) is 0.794. The van der Waals surface area contributed by atoms with E-state index in [1.54, 1.807) is 24.3 Å². The molecule has 2 aromatic rings. The molecule has 2 aromatic carbocycles. The van der Waals surface area contributed by atoms with Crippen LogP contribution in [-0.2, 0) is 16.0 Å². The average molecular weight is 325 g/mol. The average Bonchev–Trinajstić information content (AvgIpc) is 2.62. The van der Waals surface area contributed by atoms with Crippen molar-refractivity contribution in [3.05, 3.63) is 71.8 Å². The number of hydrogen-bond acceptors (Lipinski definition) is 3. The van der Waals surface area contributed by atoms with E-state index in [1.165, 1.54) is 0 Å². The van der Waals surface area contributed by atoms with Crippen LogP contribution in [0.1, 0.15) is 36.2 Å². The molecule has 1 amide bonds. The molecule has 0 heterocycles. The van der Waals surface area contributed by atoms with Gasteiger partial charge in [-0.1, -0.05) is 55.5 Å². The van der Waals surface area contributed by atoms with Crippen molar-refractivity contribution in [1.82, 2.24) is 5.32 Å². The maximum atomic E-state index is 12.4. The molecule has 0 aliphatic carbocycles. The summed E-state index contributed by atoms with van der Waals surface area (Å²) in [6.45, 7) is 3.79. The van der Waals surface area contributed by atoms with Gasteiger partial charge in [-0.15, -0.1) is 0 Å². The third kappa shape index (κ3) is 5.23. The van der Waals surface area contributed by atoms with Gasteiger partial charge in [-0.25, -0.2) is 4.79 Å². The highest BCUT2D eigenvalue weighted by Crippen LogP contribution is 2.08. The van der Waals surface area contributed by atoms with E-state index in [4.69, 9.17) is 4.74 Å². The van der Waals surface area contributed by atoms with Crippen LogP contribution in [-0.4, -0.2) is 24.0 Å². The lowest BCUT2D eigenvalue weighted by molar-refractivity contribution is -0.150. The summed E-state index contributed by atoms with van der Waals surface area (Å²) in [5.41, 5.74) is 1.49. The number of esters is 1. The predicted octanol–water partition coefficient (Wildman–Crippen LogP) is 3.37. The third-order valence-electron chi connectivity index (χ3n) is 3.80. The van der Waals surface area contributed by atoms with Gasteiger partial charge in [-0.3, -0.25) is 4.79 Å². The molecule has 24 heavy (non-hydrogen) atoms. The molecule has 0 saturated carbocycles. The molecular weight excluding hydrogens is 302 g/mol. The van der Waals surface area contributed by atoms with Gasteiger partial charge in [0.1, 0.15) is 6.04 Å². The van der Waals surface area contributed by atoms with Crippen LogP contribution in [0.15, 0.2) is 60.7 Å². The van der Waals surface area contributed by atoms with Crippen LogP contribution in [0.5, 0.6) is 0 Å². The summed E-state index contributed by atoms with van der Waals surface area (Å²) in [5.74, 6) is -0.685. The Labute approximate surface area is 142 Å². The molecule has 0 bridgehead atoms. The largest absolute Gasteiger partial charge is 0.461 e. The van der Waals surface area contributed by atoms with Crippen molar-refractivity contribution in [2.24, 2.45) is 0 Å². The highest BCUT2D eigenvalue weighted by molar-refractivity contribution is 5.96. The SMILES string of the molecule is CCC(C)OC(=O)[C@@H](Cc1ccccc1)NC(=O)c1ccccc1. The number of carbonyl (C=O) groups is 2. The summed E-state index contributed by atoms with van der Waals surface area (Å²) >= 11 is 0. The fourth-order valence-electron chi connectivity index (χ4n) is 2.24. The first kappa shape index (κ1) is 17.7. The number of ether oxygens (including phenoxy) is 1. The minimum atomic E-state index is -0.714. The minimum absolute atomic E-state index is 0.176. The summed E-state index contributed by atoms with van der Waals surface area (Å²) in [5, 5.41) is 2.80.